The van der Waals surface area contributed by atoms with Crippen molar-refractivity contribution in [2.24, 2.45) is 0 Å². The SMILES string of the molecule is COc1c(C)cc(-c2nc(CO)sc2C)cc1C. The Bertz CT molecular complexity index is 552. The van der Waals surface area contributed by atoms with Crippen molar-refractivity contribution in [3.05, 3.63) is 33.1 Å². The second-order valence-corrected chi connectivity index (χ2v) is 5.60. The minimum atomic E-state index is -0.000371. The van der Waals surface area contributed by atoms with Crippen molar-refractivity contribution in [1.29, 1.82) is 0 Å². The van der Waals surface area contributed by atoms with Gasteiger partial charge in [-0.1, -0.05) is 0 Å². The van der Waals surface area contributed by atoms with Crippen LogP contribution < -0.4 is 4.74 Å². The molecule has 2 rings (SSSR count). The molecule has 18 heavy (non-hydrogen) atoms. The molecule has 2 aromatic rings. The molecule has 0 bridgehead atoms. The standard InChI is InChI=1S/C14H17NO2S/c1-8-5-11(6-9(2)14(8)17-4)13-10(3)18-12(7-16)15-13/h5-6,16H,7H2,1-4H3. The molecule has 0 unspecified atom stereocenters. The summed E-state index contributed by atoms with van der Waals surface area (Å²) in [5.41, 5.74) is 4.24. The largest absolute Gasteiger partial charge is 0.496 e. The van der Waals surface area contributed by atoms with E-state index in [2.05, 4.69) is 17.1 Å². The fraction of sp³-hybridized carbons (Fsp3) is 0.357. The highest BCUT2D eigenvalue weighted by Gasteiger charge is 2.12. The number of aromatic nitrogens is 1. The lowest BCUT2D eigenvalue weighted by atomic mass is 10.0. The molecule has 3 nitrogen and oxygen atoms in total. The van der Waals surface area contributed by atoms with E-state index in [0.717, 1.165) is 38.0 Å². The number of ether oxygens (including phenoxy) is 1. The summed E-state index contributed by atoms with van der Waals surface area (Å²) in [6.45, 7) is 6.09. The minimum Gasteiger partial charge on any atom is -0.496 e. The van der Waals surface area contributed by atoms with Gasteiger partial charge >= 0.3 is 0 Å². The van der Waals surface area contributed by atoms with E-state index in [1.165, 1.54) is 11.3 Å². The Morgan fingerprint density at radius 2 is 1.83 bits per heavy atom. The lowest BCUT2D eigenvalue weighted by Crippen LogP contribution is -1.93. The third-order valence-electron chi connectivity index (χ3n) is 2.91. The lowest BCUT2D eigenvalue weighted by Gasteiger charge is -2.10. The van der Waals surface area contributed by atoms with E-state index >= 15 is 0 Å². The van der Waals surface area contributed by atoms with Gasteiger partial charge in [-0.05, 0) is 44.0 Å². The predicted octanol–water partition coefficient (Wildman–Crippen LogP) is 3.24. The normalized spacial score (nSPS) is 10.7. The number of nitrogens with zero attached hydrogens (tertiary/aromatic N) is 1. The van der Waals surface area contributed by atoms with Gasteiger partial charge in [0.05, 0.1) is 19.4 Å². The number of aliphatic hydroxyl groups is 1. The van der Waals surface area contributed by atoms with Crippen molar-refractivity contribution in [2.45, 2.75) is 27.4 Å². The van der Waals surface area contributed by atoms with Gasteiger partial charge in [0, 0.05) is 10.4 Å². The summed E-state index contributed by atoms with van der Waals surface area (Å²) in [4.78, 5) is 5.59. The molecule has 0 radical (unpaired) electrons. The highest BCUT2D eigenvalue weighted by atomic mass is 32.1. The number of methoxy groups -OCH3 is 1. The highest BCUT2D eigenvalue weighted by molar-refractivity contribution is 7.12. The molecule has 96 valence electrons. The van der Waals surface area contributed by atoms with Crippen LogP contribution in [0.15, 0.2) is 12.1 Å². The molecule has 0 saturated heterocycles. The van der Waals surface area contributed by atoms with Crippen molar-refractivity contribution in [3.63, 3.8) is 0 Å². The third-order valence-corrected chi connectivity index (χ3v) is 3.87. The number of benzene rings is 1. The fourth-order valence-corrected chi connectivity index (χ4v) is 3.01. The van der Waals surface area contributed by atoms with E-state index in [1.54, 1.807) is 7.11 Å². The van der Waals surface area contributed by atoms with Crippen LogP contribution in [-0.2, 0) is 6.61 Å². The lowest BCUT2D eigenvalue weighted by molar-refractivity contribution is 0.281. The number of aliphatic hydroxyl groups excluding tert-OH is 1. The minimum absolute atomic E-state index is 0.000371. The number of thiazole rings is 1. The molecular weight excluding hydrogens is 246 g/mol. The van der Waals surface area contributed by atoms with Gasteiger partial charge in [-0.2, -0.15) is 0 Å². The summed E-state index contributed by atoms with van der Waals surface area (Å²) in [7, 11) is 1.69. The molecule has 4 heteroatoms. The molecule has 0 saturated carbocycles. The van der Waals surface area contributed by atoms with Gasteiger partial charge in [0.2, 0.25) is 0 Å². The number of rotatable bonds is 3. The maximum absolute atomic E-state index is 9.14. The van der Waals surface area contributed by atoms with Crippen LogP contribution in [0.2, 0.25) is 0 Å². The summed E-state index contributed by atoms with van der Waals surface area (Å²) in [6, 6.07) is 4.16. The van der Waals surface area contributed by atoms with Crippen LogP contribution in [0.3, 0.4) is 0 Å². The van der Waals surface area contributed by atoms with E-state index in [4.69, 9.17) is 9.84 Å². The molecular formula is C14H17NO2S. The van der Waals surface area contributed by atoms with Crippen LogP contribution in [0, 0.1) is 20.8 Å². The Balaban J connectivity index is 2.54. The first kappa shape index (κ1) is 13.1. The molecule has 0 amide bonds. The summed E-state index contributed by atoms with van der Waals surface area (Å²) < 4.78 is 5.37. The van der Waals surface area contributed by atoms with Gasteiger partial charge in [0.25, 0.3) is 0 Å². The zero-order chi connectivity index (χ0) is 13.3. The smallest absolute Gasteiger partial charge is 0.124 e. The number of aryl methyl sites for hydroxylation is 3. The number of hydrogen-bond donors (Lipinski definition) is 1. The van der Waals surface area contributed by atoms with Crippen LogP contribution in [0.1, 0.15) is 21.0 Å². The third kappa shape index (κ3) is 2.26. The van der Waals surface area contributed by atoms with Crippen molar-refractivity contribution >= 4 is 11.3 Å². The maximum atomic E-state index is 9.14. The molecule has 0 fully saturated rings. The summed E-state index contributed by atoms with van der Waals surface area (Å²) in [6.07, 6.45) is 0. The van der Waals surface area contributed by atoms with Gasteiger partial charge in [0.1, 0.15) is 10.8 Å². The van der Waals surface area contributed by atoms with Gasteiger partial charge < -0.3 is 9.84 Å². The van der Waals surface area contributed by atoms with Crippen molar-refractivity contribution in [2.75, 3.05) is 7.11 Å². The second kappa shape index (κ2) is 5.08. The van der Waals surface area contributed by atoms with Crippen molar-refractivity contribution < 1.29 is 9.84 Å². The zero-order valence-electron chi connectivity index (χ0n) is 11.1. The monoisotopic (exact) mass is 263 g/mol. The van der Waals surface area contributed by atoms with Crippen LogP contribution in [0.25, 0.3) is 11.3 Å². The van der Waals surface area contributed by atoms with Gasteiger partial charge in [-0.25, -0.2) is 4.98 Å². The molecule has 0 atom stereocenters. The van der Waals surface area contributed by atoms with Crippen LogP contribution in [0.5, 0.6) is 5.75 Å². The first-order chi connectivity index (χ1) is 8.56. The average molecular weight is 263 g/mol. The molecule has 1 N–H and O–H groups in total. The van der Waals surface area contributed by atoms with Crippen molar-refractivity contribution in [3.8, 4) is 17.0 Å². The quantitative estimate of drug-likeness (QED) is 0.924. The van der Waals surface area contributed by atoms with Gasteiger partial charge in [-0.3, -0.25) is 0 Å². The van der Waals surface area contributed by atoms with E-state index in [9.17, 15) is 0 Å². The molecule has 0 spiro atoms. The summed E-state index contributed by atoms with van der Waals surface area (Å²) in [5, 5.41) is 9.90. The Labute approximate surface area is 111 Å². The first-order valence-corrected chi connectivity index (χ1v) is 6.61. The number of hydrogen-bond acceptors (Lipinski definition) is 4. The van der Waals surface area contributed by atoms with Crippen LogP contribution >= 0.6 is 11.3 Å². The molecule has 1 heterocycles. The van der Waals surface area contributed by atoms with Crippen LogP contribution in [0.4, 0.5) is 0 Å². The topological polar surface area (TPSA) is 42.4 Å². The van der Waals surface area contributed by atoms with E-state index < -0.39 is 0 Å². The van der Waals surface area contributed by atoms with E-state index in [-0.39, 0.29) is 6.61 Å². The Morgan fingerprint density at radius 1 is 1.22 bits per heavy atom. The highest BCUT2D eigenvalue weighted by Crippen LogP contribution is 2.33. The molecule has 1 aromatic carbocycles. The van der Waals surface area contributed by atoms with Crippen molar-refractivity contribution in [1.82, 2.24) is 4.98 Å². The van der Waals surface area contributed by atoms with E-state index in [0.29, 0.717) is 0 Å². The predicted molar refractivity (Wildman–Crippen MR) is 74.2 cm³/mol. The molecule has 0 aliphatic rings. The van der Waals surface area contributed by atoms with Crippen LogP contribution in [-0.4, -0.2) is 17.2 Å². The maximum Gasteiger partial charge on any atom is 0.124 e. The second-order valence-electron chi connectivity index (χ2n) is 4.31. The summed E-state index contributed by atoms with van der Waals surface area (Å²) in [5.74, 6) is 0.925. The fourth-order valence-electron chi connectivity index (χ4n) is 2.20. The molecule has 1 aromatic heterocycles. The summed E-state index contributed by atoms with van der Waals surface area (Å²) >= 11 is 1.54. The Hall–Kier alpha value is -1.39. The average Bonchev–Trinajstić information content (AvgIpc) is 2.70. The Morgan fingerprint density at radius 3 is 2.28 bits per heavy atom. The van der Waals surface area contributed by atoms with Gasteiger partial charge in [0.15, 0.2) is 0 Å². The zero-order valence-corrected chi connectivity index (χ0v) is 11.9. The van der Waals surface area contributed by atoms with Gasteiger partial charge in [-0.15, -0.1) is 11.3 Å². The Kier molecular flexibility index (Phi) is 3.68. The van der Waals surface area contributed by atoms with E-state index in [1.807, 2.05) is 20.8 Å². The molecule has 0 aliphatic heterocycles. The first-order valence-electron chi connectivity index (χ1n) is 5.79. The molecule has 0 aliphatic carbocycles.